The van der Waals surface area contributed by atoms with Crippen molar-refractivity contribution >= 4 is 39.6 Å². The van der Waals surface area contributed by atoms with Crippen LogP contribution in [0.1, 0.15) is 34.1 Å². The van der Waals surface area contributed by atoms with Crippen LogP contribution < -0.4 is 5.32 Å². The third-order valence-electron chi connectivity index (χ3n) is 4.21. The minimum absolute atomic E-state index is 0.0235. The van der Waals surface area contributed by atoms with E-state index in [0.717, 1.165) is 30.2 Å². The molecule has 0 bridgehead atoms. The molecule has 0 fully saturated rings. The van der Waals surface area contributed by atoms with Crippen molar-refractivity contribution in [2.75, 3.05) is 38.0 Å². The number of thiazole rings is 1. The van der Waals surface area contributed by atoms with E-state index in [1.165, 1.54) is 22.7 Å². The van der Waals surface area contributed by atoms with Crippen molar-refractivity contribution in [2.45, 2.75) is 27.7 Å². The zero-order valence-electron chi connectivity index (χ0n) is 15.7. The number of rotatable bonds is 9. The van der Waals surface area contributed by atoms with Gasteiger partial charge >= 0.3 is 0 Å². The van der Waals surface area contributed by atoms with Gasteiger partial charge in [-0.15, -0.1) is 22.7 Å². The third-order valence-corrected chi connectivity index (χ3v) is 6.06. The van der Waals surface area contributed by atoms with E-state index >= 15 is 0 Å². The number of hydrogen-bond donors (Lipinski definition) is 1. The summed E-state index contributed by atoms with van der Waals surface area (Å²) in [5.74, 6) is -0.322. The predicted molar refractivity (Wildman–Crippen MR) is 108 cm³/mol. The molecule has 2 aromatic rings. The van der Waals surface area contributed by atoms with E-state index in [9.17, 15) is 9.59 Å². The Kier molecular flexibility index (Phi) is 7.74. The number of aromatic nitrogens is 1. The zero-order chi connectivity index (χ0) is 19.1. The summed E-state index contributed by atoms with van der Waals surface area (Å²) < 4.78 is 0. The second kappa shape index (κ2) is 9.80. The molecule has 2 amide bonds. The summed E-state index contributed by atoms with van der Waals surface area (Å²) in [7, 11) is 0. The lowest BCUT2D eigenvalue weighted by Gasteiger charge is -2.25. The summed E-state index contributed by atoms with van der Waals surface area (Å²) in [6.07, 6.45) is 0. The smallest absolute Gasteiger partial charge is 0.264 e. The first-order chi connectivity index (χ1) is 12.4. The van der Waals surface area contributed by atoms with Gasteiger partial charge < -0.3 is 15.1 Å². The first-order valence-electron chi connectivity index (χ1n) is 8.73. The monoisotopic (exact) mass is 394 g/mol. The minimum Gasteiger partial charge on any atom is -0.327 e. The highest BCUT2D eigenvalue weighted by Crippen LogP contribution is 2.21. The van der Waals surface area contributed by atoms with E-state index in [1.807, 2.05) is 25.3 Å². The Hall–Kier alpha value is -1.77. The molecule has 0 saturated carbocycles. The van der Waals surface area contributed by atoms with E-state index in [2.05, 4.69) is 29.0 Å². The molecule has 0 radical (unpaired) electrons. The highest BCUT2D eigenvalue weighted by molar-refractivity contribution is 7.15. The predicted octanol–water partition coefficient (Wildman–Crippen LogP) is 3.24. The molecular weight excluding hydrogens is 368 g/mol. The fourth-order valence-electron chi connectivity index (χ4n) is 2.47. The van der Waals surface area contributed by atoms with Crippen LogP contribution in [0.25, 0.3) is 0 Å². The SMILES string of the molecule is CCN(CC)CCN(CC(=O)Nc1nc(C)c(C)s1)C(=O)c1cccs1. The van der Waals surface area contributed by atoms with Gasteiger partial charge in [-0.3, -0.25) is 9.59 Å². The number of hydrogen-bond acceptors (Lipinski definition) is 6. The Labute approximate surface area is 162 Å². The van der Waals surface area contributed by atoms with Gasteiger partial charge in [0.2, 0.25) is 5.91 Å². The molecule has 0 aliphatic rings. The largest absolute Gasteiger partial charge is 0.327 e. The van der Waals surface area contributed by atoms with Crippen LogP contribution in [0, 0.1) is 13.8 Å². The van der Waals surface area contributed by atoms with Gasteiger partial charge in [-0.1, -0.05) is 19.9 Å². The number of amides is 2. The van der Waals surface area contributed by atoms with Crippen molar-refractivity contribution in [3.05, 3.63) is 33.0 Å². The van der Waals surface area contributed by atoms with Gasteiger partial charge in [0.25, 0.3) is 5.91 Å². The number of likely N-dealkylation sites (N-methyl/N-ethyl adjacent to an activating group) is 1. The van der Waals surface area contributed by atoms with Crippen LogP contribution in [0.2, 0.25) is 0 Å². The Bertz CT molecular complexity index is 704. The number of carbonyl (C=O) groups excluding carboxylic acids is 2. The second-order valence-corrected chi connectivity index (χ2v) is 8.09. The molecule has 0 aliphatic carbocycles. The fourth-order valence-corrected chi connectivity index (χ4v) is 3.99. The van der Waals surface area contributed by atoms with E-state index < -0.39 is 0 Å². The van der Waals surface area contributed by atoms with E-state index in [4.69, 9.17) is 0 Å². The van der Waals surface area contributed by atoms with Crippen molar-refractivity contribution in [3.8, 4) is 0 Å². The Balaban J connectivity index is 2.04. The van der Waals surface area contributed by atoms with Gasteiger partial charge in [-0.05, 0) is 38.4 Å². The molecular formula is C18H26N4O2S2. The lowest BCUT2D eigenvalue weighted by molar-refractivity contribution is -0.116. The summed E-state index contributed by atoms with van der Waals surface area (Å²) in [5.41, 5.74) is 0.915. The second-order valence-electron chi connectivity index (χ2n) is 5.94. The van der Waals surface area contributed by atoms with Crippen LogP contribution >= 0.6 is 22.7 Å². The summed E-state index contributed by atoms with van der Waals surface area (Å²) in [6, 6.07) is 3.64. The molecule has 1 N–H and O–H groups in total. The van der Waals surface area contributed by atoms with Crippen LogP contribution in [-0.4, -0.2) is 59.3 Å². The lowest BCUT2D eigenvalue weighted by atomic mass is 10.3. The van der Waals surface area contributed by atoms with Crippen LogP contribution in [0.4, 0.5) is 5.13 Å². The molecule has 0 atom stereocenters. The molecule has 2 rings (SSSR count). The van der Waals surface area contributed by atoms with Gasteiger partial charge in [-0.2, -0.15) is 0 Å². The lowest BCUT2D eigenvalue weighted by Crippen LogP contribution is -2.42. The third kappa shape index (κ3) is 5.62. The van der Waals surface area contributed by atoms with Crippen molar-refractivity contribution in [3.63, 3.8) is 0 Å². The first kappa shape index (κ1) is 20.5. The van der Waals surface area contributed by atoms with Gasteiger partial charge in [0.05, 0.1) is 10.6 Å². The fraction of sp³-hybridized carbons (Fsp3) is 0.500. The average molecular weight is 395 g/mol. The molecule has 8 heteroatoms. The molecule has 0 saturated heterocycles. The quantitative estimate of drug-likeness (QED) is 0.709. The summed E-state index contributed by atoms with van der Waals surface area (Å²) >= 11 is 2.84. The summed E-state index contributed by atoms with van der Waals surface area (Å²) in [5, 5.41) is 5.27. The highest BCUT2D eigenvalue weighted by atomic mass is 32.1. The number of nitrogens with one attached hydrogen (secondary N) is 1. The molecule has 26 heavy (non-hydrogen) atoms. The summed E-state index contributed by atoms with van der Waals surface area (Å²) in [6.45, 7) is 11.2. The maximum atomic E-state index is 12.8. The number of nitrogens with zero attached hydrogens (tertiary/aromatic N) is 3. The number of anilines is 1. The molecule has 2 heterocycles. The normalized spacial score (nSPS) is 11.0. The van der Waals surface area contributed by atoms with Crippen LogP contribution in [0.15, 0.2) is 17.5 Å². The van der Waals surface area contributed by atoms with Gasteiger partial charge in [0.1, 0.15) is 6.54 Å². The minimum atomic E-state index is -0.219. The van der Waals surface area contributed by atoms with Crippen molar-refractivity contribution in [1.82, 2.24) is 14.8 Å². The first-order valence-corrected chi connectivity index (χ1v) is 10.4. The maximum absolute atomic E-state index is 12.8. The maximum Gasteiger partial charge on any atom is 0.264 e. The summed E-state index contributed by atoms with van der Waals surface area (Å²) in [4.78, 5) is 35.1. The van der Waals surface area contributed by atoms with Crippen molar-refractivity contribution in [1.29, 1.82) is 0 Å². The number of aryl methyl sites for hydroxylation is 2. The van der Waals surface area contributed by atoms with Crippen LogP contribution in [0.3, 0.4) is 0 Å². The van der Waals surface area contributed by atoms with E-state index in [1.54, 1.807) is 11.0 Å². The van der Waals surface area contributed by atoms with E-state index in [0.29, 0.717) is 16.6 Å². The number of carbonyl (C=O) groups is 2. The Morgan fingerprint density at radius 1 is 1.19 bits per heavy atom. The molecule has 0 unspecified atom stereocenters. The Morgan fingerprint density at radius 3 is 2.46 bits per heavy atom. The zero-order valence-corrected chi connectivity index (χ0v) is 17.4. The van der Waals surface area contributed by atoms with Gasteiger partial charge in [0.15, 0.2) is 5.13 Å². The topological polar surface area (TPSA) is 65.5 Å². The van der Waals surface area contributed by atoms with Gasteiger partial charge in [-0.25, -0.2) is 4.98 Å². The molecule has 0 aliphatic heterocycles. The van der Waals surface area contributed by atoms with Gasteiger partial charge in [0, 0.05) is 18.0 Å². The number of thiophene rings is 1. The molecule has 6 nitrogen and oxygen atoms in total. The van der Waals surface area contributed by atoms with Crippen LogP contribution in [0.5, 0.6) is 0 Å². The van der Waals surface area contributed by atoms with Crippen molar-refractivity contribution in [2.24, 2.45) is 0 Å². The molecule has 2 aromatic heterocycles. The average Bonchev–Trinajstić information content (AvgIpc) is 3.24. The van der Waals surface area contributed by atoms with E-state index in [-0.39, 0.29) is 18.4 Å². The molecule has 0 spiro atoms. The van der Waals surface area contributed by atoms with Crippen LogP contribution in [-0.2, 0) is 4.79 Å². The Morgan fingerprint density at radius 2 is 1.92 bits per heavy atom. The van der Waals surface area contributed by atoms with Crippen molar-refractivity contribution < 1.29 is 9.59 Å². The molecule has 142 valence electrons. The standard InChI is InChI=1S/C18H26N4O2S2/c1-5-21(6-2)9-10-22(17(24)15-8-7-11-25-15)12-16(23)20-18-19-13(3)14(4)26-18/h7-8,11H,5-6,9-10,12H2,1-4H3,(H,19,20,23). The molecule has 0 aromatic carbocycles. The highest BCUT2D eigenvalue weighted by Gasteiger charge is 2.21.